The summed E-state index contributed by atoms with van der Waals surface area (Å²) in [6.07, 6.45) is -0.0224. The summed E-state index contributed by atoms with van der Waals surface area (Å²) >= 11 is 11.8. The average molecular weight is 352 g/mol. The Morgan fingerprint density at radius 2 is 1.74 bits per heavy atom. The SMILES string of the molecule is CCC(Oc1cc(C)cc(C)c1)C(=O)Nc1ccc(Cl)c(Cl)c1. The summed E-state index contributed by atoms with van der Waals surface area (Å²) in [5.74, 6) is 0.476. The largest absolute Gasteiger partial charge is 0.481 e. The number of halogens is 2. The molecule has 0 aliphatic rings. The van der Waals surface area contributed by atoms with Gasteiger partial charge in [0.1, 0.15) is 5.75 Å². The quantitative estimate of drug-likeness (QED) is 0.782. The van der Waals surface area contributed by atoms with Crippen molar-refractivity contribution in [1.29, 1.82) is 0 Å². The molecule has 2 rings (SSSR count). The molecule has 5 heteroatoms. The van der Waals surface area contributed by atoms with Gasteiger partial charge in [0.2, 0.25) is 0 Å². The Morgan fingerprint density at radius 1 is 1.09 bits per heavy atom. The highest BCUT2D eigenvalue weighted by molar-refractivity contribution is 6.42. The van der Waals surface area contributed by atoms with Gasteiger partial charge >= 0.3 is 0 Å². The van der Waals surface area contributed by atoms with Gasteiger partial charge in [-0.2, -0.15) is 0 Å². The van der Waals surface area contributed by atoms with Crippen molar-refractivity contribution in [3.63, 3.8) is 0 Å². The Morgan fingerprint density at radius 3 is 2.30 bits per heavy atom. The summed E-state index contributed by atoms with van der Waals surface area (Å²) in [6.45, 7) is 5.90. The third-order valence-electron chi connectivity index (χ3n) is 3.32. The van der Waals surface area contributed by atoms with E-state index >= 15 is 0 Å². The zero-order valence-electron chi connectivity index (χ0n) is 13.3. The second kappa shape index (κ2) is 7.71. The van der Waals surface area contributed by atoms with Gasteiger partial charge in [0, 0.05) is 5.69 Å². The van der Waals surface area contributed by atoms with Gasteiger partial charge in [0.15, 0.2) is 6.10 Å². The van der Waals surface area contributed by atoms with Crippen LogP contribution in [-0.4, -0.2) is 12.0 Å². The Labute approximate surface area is 146 Å². The van der Waals surface area contributed by atoms with Crippen LogP contribution in [0.2, 0.25) is 10.0 Å². The number of hydrogen-bond donors (Lipinski definition) is 1. The first kappa shape index (κ1) is 17.6. The second-order valence-corrected chi connectivity index (χ2v) is 6.27. The van der Waals surface area contributed by atoms with Gasteiger partial charge in [-0.25, -0.2) is 0 Å². The van der Waals surface area contributed by atoms with E-state index in [-0.39, 0.29) is 5.91 Å². The maximum atomic E-state index is 12.4. The standard InChI is InChI=1S/C18H19Cl2NO2/c1-4-17(23-14-8-11(2)7-12(3)9-14)18(22)21-13-5-6-15(19)16(20)10-13/h5-10,17H,4H2,1-3H3,(H,21,22). The van der Waals surface area contributed by atoms with Crippen LogP contribution >= 0.6 is 23.2 Å². The lowest BCUT2D eigenvalue weighted by atomic mass is 10.1. The molecule has 0 aliphatic carbocycles. The highest BCUT2D eigenvalue weighted by Crippen LogP contribution is 2.25. The maximum Gasteiger partial charge on any atom is 0.265 e. The van der Waals surface area contributed by atoms with E-state index in [9.17, 15) is 4.79 Å². The van der Waals surface area contributed by atoms with Crippen molar-refractivity contribution >= 4 is 34.8 Å². The Kier molecular flexibility index (Phi) is 5.91. The van der Waals surface area contributed by atoms with E-state index in [4.69, 9.17) is 27.9 Å². The van der Waals surface area contributed by atoms with E-state index in [0.717, 1.165) is 11.1 Å². The number of carbonyl (C=O) groups is 1. The molecule has 0 aliphatic heterocycles. The van der Waals surface area contributed by atoms with Crippen LogP contribution < -0.4 is 10.1 Å². The summed E-state index contributed by atoms with van der Waals surface area (Å²) in [5, 5.41) is 3.65. The molecule has 0 bridgehead atoms. The molecule has 3 nitrogen and oxygen atoms in total. The number of rotatable bonds is 5. The van der Waals surface area contributed by atoms with Gasteiger partial charge < -0.3 is 10.1 Å². The van der Waals surface area contributed by atoms with E-state index in [1.807, 2.05) is 32.9 Å². The lowest BCUT2D eigenvalue weighted by Gasteiger charge is -2.18. The molecule has 122 valence electrons. The molecule has 0 radical (unpaired) electrons. The Hall–Kier alpha value is -1.71. The monoisotopic (exact) mass is 351 g/mol. The van der Waals surface area contributed by atoms with Crippen LogP contribution in [0.15, 0.2) is 36.4 Å². The zero-order chi connectivity index (χ0) is 17.0. The number of carbonyl (C=O) groups excluding carboxylic acids is 1. The van der Waals surface area contributed by atoms with E-state index in [1.54, 1.807) is 18.2 Å². The Balaban J connectivity index is 2.10. The smallest absolute Gasteiger partial charge is 0.265 e. The van der Waals surface area contributed by atoms with Gasteiger partial charge in [-0.05, 0) is 61.7 Å². The number of hydrogen-bond acceptors (Lipinski definition) is 2. The highest BCUT2D eigenvalue weighted by atomic mass is 35.5. The van der Waals surface area contributed by atoms with E-state index in [0.29, 0.717) is 27.9 Å². The van der Waals surface area contributed by atoms with Crippen LogP contribution in [0, 0.1) is 13.8 Å². The van der Waals surface area contributed by atoms with Gasteiger partial charge in [0.05, 0.1) is 10.0 Å². The molecule has 0 saturated heterocycles. The lowest BCUT2D eigenvalue weighted by molar-refractivity contribution is -0.122. The van der Waals surface area contributed by atoms with Crippen molar-refractivity contribution in [1.82, 2.24) is 0 Å². The molecule has 0 saturated carbocycles. The normalized spacial score (nSPS) is 11.9. The first-order valence-corrected chi connectivity index (χ1v) is 8.15. The minimum absolute atomic E-state index is 0.218. The van der Waals surface area contributed by atoms with Crippen molar-refractivity contribution in [2.45, 2.75) is 33.3 Å². The molecule has 2 aromatic rings. The fourth-order valence-corrected chi connectivity index (χ4v) is 2.58. The van der Waals surface area contributed by atoms with Crippen LogP contribution in [-0.2, 0) is 4.79 Å². The molecule has 0 fully saturated rings. The third kappa shape index (κ3) is 4.88. The number of ether oxygens (including phenoxy) is 1. The second-order valence-electron chi connectivity index (χ2n) is 5.46. The molecule has 0 heterocycles. The molecular weight excluding hydrogens is 333 g/mol. The number of nitrogens with one attached hydrogen (secondary N) is 1. The number of aryl methyl sites for hydroxylation is 2. The summed E-state index contributed by atoms with van der Waals surface area (Å²) in [6, 6.07) is 10.9. The van der Waals surface area contributed by atoms with Crippen LogP contribution in [0.5, 0.6) is 5.75 Å². The average Bonchev–Trinajstić information content (AvgIpc) is 2.47. The summed E-state index contributed by atoms with van der Waals surface area (Å²) in [5.41, 5.74) is 2.78. The predicted octanol–water partition coefficient (Wildman–Crippen LogP) is 5.41. The first-order valence-electron chi connectivity index (χ1n) is 7.40. The predicted molar refractivity (Wildman–Crippen MR) is 95.7 cm³/mol. The zero-order valence-corrected chi connectivity index (χ0v) is 14.8. The first-order chi connectivity index (χ1) is 10.9. The van der Waals surface area contributed by atoms with Crippen molar-refractivity contribution in [2.75, 3.05) is 5.32 Å². The van der Waals surface area contributed by atoms with Crippen molar-refractivity contribution in [3.8, 4) is 5.75 Å². The van der Waals surface area contributed by atoms with Gasteiger partial charge in [0.25, 0.3) is 5.91 Å². The molecule has 0 aromatic heterocycles. The lowest BCUT2D eigenvalue weighted by Crippen LogP contribution is -2.32. The minimum Gasteiger partial charge on any atom is -0.481 e. The van der Waals surface area contributed by atoms with Crippen LogP contribution in [0.3, 0.4) is 0 Å². The minimum atomic E-state index is -0.578. The molecule has 1 N–H and O–H groups in total. The fraction of sp³-hybridized carbons (Fsp3) is 0.278. The molecule has 23 heavy (non-hydrogen) atoms. The fourth-order valence-electron chi connectivity index (χ4n) is 2.28. The topological polar surface area (TPSA) is 38.3 Å². The van der Waals surface area contributed by atoms with Gasteiger partial charge in [-0.1, -0.05) is 36.2 Å². The van der Waals surface area contributed by atoms with E-state index in [2.05, 4.69) is 11.4 Å². The molecule has 1 amide bonds. The van der Waals surface area contributed by atoms with Crippen molar-refractivity contribution in [3.05, 3.63) is 57.6 Å². The van der Waals surface area contributed by atoms with Crippen LogP contribution in [0.4, 0.5) is 5.69 Å². The summed E-state index contributed by atoms with van der Waals surface area (Å²) in [7, 11) is 0. The molecular formula is C18H19Cl2NO2. The van der Waals surface area contributed by atoms with Crippen molar-refractivity contribution in [2.24, 2.45) is 0 Å². The van der Waals surface area contributed by atoms with E-state index in [1.165, 1.54) is 0 Å². The molecule has 0 spiro atoms. The number of benzene rings is 2. The third-order valence-corrected chi connectivity index (χ3v) is 4.06. The number of anilines is 1. The van der Waals surface area contributed by atoms with Gasteiger partial charge in [-0.15, -0.1) is 0 Å². The van der Waals surface area contributed by atoms with Crippen LogP contribution in [0.25, 0.3) is 0 Å². The summed E-state index contributed by atoms with van der Waals surface area (Å²) in [4.78, 5) is 12.4. The molecule has 1 unspecified atom stereocenters. The van der Waals surface area contributed by atoms with Crippen LogP contribution in [0.1, 0.15) is 24.5 Å². The van der Waals surface area contributed by atoms with Crippen molar-refractivity contribution < 1.29 is 9.53 Å². The molecule has 2 aromatic carbocycles. The number of amides is 1. The maximum absolute atomic E-state index is 12.4. The summed E-state index contributed by atoms with van der Waals surface area (Å²) < 4.78 is 5.84. The Bertz CT molecular complexity index is 696. The van der Waals surface area contributed by atoms with E-state index < -0.39 is 6.10 Å². The molecule has 1 atom stereocenters. The van der Waals surface area contributed by atoms with Gasteiger partial charge in [-0.3, -0.25) is 4.79 Å². The highest BCUT2D eigenvalue weighted by Gasteiger charge is 2.19.